The highest BCUT2D eigenvalue weighted by molar-refractivity contribution is 6.32. The fraction of sp³-hybridized carbons (Fsp3) is 0.250. The quantitative estimate of drug-likeness (QED) is 0.755. The summed E-state index contributed by atoms with van der Waals surface area (Å²) in [5.74, 6) is -1.09. The van der Waals surface area contributed by atoms with Gasteiger partial charge in [0, 0.05) is 13.3 Å². The summed E-state index contributed by atoms with van der Waals surface area (Å²) in [7, 11) is 1.49. The molecule has 0 unspecified atom stereocenters. The maximum atomic E-state index is 10.7. The first-order chi connectivity index (χ1) is 6.16. The van der Waals surface area contributed by atoms with Crippen LogP contribution in [0.5, 0.6) is 0 Å². The van der Waals surface area contributed by atoms with Crippen molar-refractivity contribution >= 4 is 17.6 Å². The van der Waals surface area contributed by atoms with Gasteiger partial charge in [0.05, 0.1) is 6.61 Å². The first-order valence-electron chi connectivity index (χ1n) is 3.52. The van der Waals surface area contributed by atoms with Gasteiger partial charge < -0.3 is 9.84 Å². The molecule has 1 aromatic rings. The van der Waals surface area contributed by atoms with Crippen molar-refractivity contribution < 1.29 is 14.6 Å². The highest BCUT2D eigenvalue weighted by atomic mass is 35.5. The minimum Gasteiger partial charge on any atom is -0.478 e. The molecule has 0 amide bonds. The SMILES string of the molecule is COCc1ccnc(Cl)c1C(=O)O. The summed E-state index contributed by atoms with van der Waals surface area (Å²) in [5, 5.41) is 8.78. The molecule has 0 aliphatic rings. The van der Waals surface area contributed by atoms with E-state index in [0.717, 1.165) is 0 Å². The van der Waals surface area contributed by atoms with Crippen molar-refractivity contribution in [3.8, 4) is 0 Å². The molecule has 0 spiro atoms. The van der Waals surface area contributed by atoms with E-state index in [9.17, 15) is 4.79 Å². The molecule has 0 atom stereocenters. The number of aromatic nitrogens is 1. The van der Waals surface area contributed by atoms with Gasteiger partial charge in [0.25, 0.3) is 0 Å². The van der Waals surface area contributed by atoms with Gasteiger partial charge in [-0.25, -0.2) is 9.78 Å². The molecule has 70 valence electrons. The molecule has 0 aromatic carbocycles. The van der Waals surface area contributed by atoms with E-state index in [1.54, 1.807) is 6.07 Å². The topological polar surface area (TPSA) is 59.4 Å². The Morgan fingerprint density at radius 2 is 2.46 bits per heavy atom. The Morgan fingerprint density at radius 1 is 1.77 bits per heavy atom. The predicted octanol–water partition coefficient (Wildman–Crippen LogP) is 1.58. The third-order valence-electron chi connectivity index (χ3n) is 1.50. The van der Waals surface area contributed by atoms with E-state index in [-0.39, 0.29) is 17.3 Å². The van der Waals surface area contributed by atoms with Gasteiger partial charge in [0.2, 0.25) is 0 Å². The van der Waals surface area contributed by atoms with Crippen molar-refractivity contribution in [2.75, 3.05) is 7.11 Å². The van der Waals surface area contributed by atoms with Crippen LogP contribution < -0.4 is 0 Å². The van der Waals surface area contributed by atoms with Crippen LogP contribution in [0.25, 0.3) is 0 Å². The number of ether oxygens (including phenoxy) is 1. The molecule has 0 saturated carbocycles. The van der Waals surface area contributed by atoms with E-state index < -0.39 is 5.97 Å². The molecule has 13 heavy (non-hydrogen) atoms. The Hall–Kier alpha value is -1.13. The van der Waals surface area contributed by atoms with Crippen LogP contribution in [0.1, 0.15) is 15.9 Å². The van der Waals surface area contributed by atoms with Crippen molar-refractivity contribution in [2.45, 2.75) is 6.61 Å². The lowest BCUT2D eigenvalue weighted by Crippen LogP contribution is -2.05. The van der Waals surface area contributed by atoms with Crippen LogP contribution >= 0.6 is 11.6 Å². The highest BCUT2D eigenvalue weighted by Gasteiger charge is 2.14. The largest absolute Gasteiger partial charge is 0.478 e. The smallest absolute Gasteiger partial charge is 0.339 e. The van der Waals surface area contributed by atoms with Crippen LogP contribution in [-0.4, -0.2) is 23.2 Å². The lowest BCUT2D eigenvalue weighted by molar-refractivity contribution is 0.0691. The average Bonchev–Trinajstić information content (AvgIpc) is 2.04. The van der Waals surface area contributed by atoms with Crippen LogP contribution in [0.15, 0.2) is 12.3 Å². The molecular weight excluding hydrogens is 194 g/mol. The number of carbonyl (C=O) groups is 1. The lowest BCUT2D eigenvalue weighted by Gasteiger charge is -2.04. The third kappa shape index (κ3) is 2.17. The zero-order valence-electron chi connectivity index (χ0n) is 6.95. The van der Waals surface area contributed by atoms with Gasteiger partial charge in [-0.05, 0) is 11.6 Å². The Bertz CT molecular complexity index is 327. The third-order valence-corrected chi connectivity index (χ3v) is 1.79. The minimum atomic E-state index is -1.09. The molecule has 1 heterocycles. The standard InChI is InChI=1S/C8H8ClNO3/c1-13-4-5-2-3-10-7(9)6(5)8(11)12/h2-3H,4H2,1H3,(H,11,12). The molecular formula is C8H8ClNO3. The second-order valence-corrected chi connectivity index (χ2v) is 2.73. The van der Waals surface area contributed by atoms with E-state index >= 15 is 0 Å². The lowest BCUT2D eigenvalue weighted by atomic mass is 10.1. The number of hydrogen-bond acceptors (Lipinski definition) is 3. The van der Waals surface area contributed by atoms with Gasteiger partial charge in [-0.1, -0.05) is 11.6 Å². The van der Waals surface area contributed by atoms with Crippen molar-refractivity contribution in [2.24, 2.45) is 0 Å². The molecule has 0 aliphatic heterocycles. The Balaban J connectivity index is 3.17. The number of hydrogen-bond donors (Lipinski definition) is 1. The van der Waals surface area contributed by atoms with E-state index in [0.29, 0.717) is 5.56 Å². The summed E-state index contributed by atoms with van der Waals surface area (Å²) in [6.07, 6.45) is 1.45. The number of nitrogens with zero attached hydrogens (tertiary/aromatic N) is 1. The Kier molecular flexibility index (Phi) is 3.22. The van der Waals surface area contributed by atoms with Crippen LogP contribution in [0, 0.1) is 0 Å². The molecule has 1 N–H and O–H groups in total. The van der Waals surface area contributed by atoms with Gasteiger partial charge in [0.1, 0.15) is 10.7 Å². The van der Waals surface area contributed by atoms with Gasteiger partial charge in [-0.2, -0.15) is 0 Å². The maximum Gasteiger partial charge on any atom is 0.339 e. The van der Waals surface area contributed by atoms with Crippen molar-refractivity contribution in [1.82, 2.24) is 4.98 Å². The zero-order chi connectivity index (χ0) is 9.84. The number of rotatable bonds is 3. The van der Waals surface area contributed by atoms with E-state index in [1.165, 1.54) is 13.3 Å². The number of halogens is 1. The Morgan fingerprint density at radius 3 is 3.00 bits per heavy atom. The van der Waals surface area contributed by atoms with Crippen LogP contribution in [0.3, 0.4) is 0 Å². The summed E-state index contributed by atoms with van der Waals surface area (Å²) >= 11 is 5.61. The molecule has 0 saturated heterocycles. The maximum absolute atomic E-state index is 10.7. The first-order valence-corrected chi connectivity index (χ1v) is 3.90. The molecule has 0 aliphatic carbocycles. The molecule has 0 radical (unpaired) electrons. The number of pyridine rings is 1. The van der Waals surface area contributed by atoms with Crippen LogP contribution in [0.4, 0.5) is 0 Å². The predicted molar refractivity (Wildman–Crippen MR) is 46.9 cm³/mol. The van der Waals surface area contributed by atoms with Crippen LogP contribution in [-0.2, 0) is 11.3 Å². The normalized spacial score (nSPS) is 10.0. The molecule has 1 rings (SSSR count). The van der Waals surface area contributed by atoms with Gasteiger partial charge >= 0.3 is 5.97 Å². The highest BCUT2D eigenvalue weighted by Crippen LogP contribution is 2.17. The van der Waals surface area contributed by atoms with E-state index in [2.05, 4.69) is 4.98 Å². The summed E-state index contributed by atoms with van der Waals surface area (Å²) < 4.78 is 4.82. The minimum absolute atomic E-state index is 0.00557. The van der Waals surface area contributed by atoms with Gasteiger partial charge in [-0.15, -0.1) is 0 Å². The fourth-order valence-electron chi connectivity index (χ4n) is 0.974. The molecule has 1 aromatic heterocycles. The summed E-state index contributed by atoms with van der Waals surface area (Å²) in [6, 6.07) is 1.57. The summed E-state index contributed by atoms with van der Waals surface area (Å²) in [4.78, 5) is 14.4. The zero-order valence-corrected chi connectivity index (χ0v) is 7.71. The summed E-state index contributed by atoms with van der Waals surface area (Å²) in [5.41, 5.74) is 0.529. The monoisotopic (exact) mass is 201 g/mol. The number of aromatic carboxylic acids is 1. The van der Waals surface area contributed by atoms with E-state index in [1.807, 2.05) is 0 Å². The number of methoxy groups -OCH3 is 1. The molecule has 5 heteroatoms. The average molecular weight is 202 g/mol. The van der Waals surface area contributed by atoms with Crippen molar-refractivity contribution in [3.05, 3.63) is 28.5 Å². The van der Waals surface area contributed by atoms with Gasteiger partial charge in [-0.3, -0.25) is 0 Å². The van der Waals surface area contributed by atoms with Crippen molar-refractivity contribution in [3.63, 3.8) is 0 Å². The molecule has 0 fully saturated rings. The second-order valence-electron chi connectivity index (χ2n) is 2.37. The van der Waals surface area contributed by atoms with Crippen molar-refractivity contribution in [1.29, 1.82) is 0 Å². The van der Waals surface area contributed by atoms with Crippen LogP contribution in [0.2, 0.25) is 5.15 Å². The first kappa shape index (κ1) is 9.95. The van der Waals surface area contributed by atoms with Gasteiger partial charge in [0.15, 0.2) is 0 Å². The number of carboxylic acids is 1. The fourth-order valence-corrected chi connectivity index (χ4v) is 1.23. The second kappa shape index (κ2) is 4.20. The summed E-state index contributed by atoms with van der Waals surface area (Å²) in [6.45, 7) is 0.212. The molecule has 0 bridgehead atoms. The Labute approximate surface area is 80.1 Å². The molecule has 4 nitrogen and oxygen atoms in total. The van der Waals surface area contributed by atoms with E-state index in [4.69, 9.17) is 21.4 Å². The number of carboxylic acid groups (broad SMARTS) is 1.